The number of aliphatic hydroxyl groups is 1. The van der Waals surface area contributed by atoms with E-state index < -0.39 is 5.60 Å². The van der Waals surface area contributed by atoms with Gasteiger partial charge in [0, 0.05) is 5.02 Å². The third-order valence-electron chi connectivity index (χ3n) is 3.72. The second kappa shape index (κ2) is 6.37. The lowest BCUT2D eigenvalue weighted by atomic mass is 9.82. The van der Waals surface area contributed by atoms with Gasteiger partial charge in [0.2, 0.25) is 0 Å². The molecular formula is C17H23ClO3. The van der Waals surface area contributed by atoms with E-state index in [1.54, 1.807) is 12.1 Å². The van der Waals surface area contributed by atoms with E-state index in [-0.39, 0.29) is 18.0 Å². The van der Waals surface area contributed by atoms with Crippen LogP contribution in [-0.4, -0.2) is 22.8 Å². The third kappa shape index (κ3) is 4.45. The summed E-state index contributed by atoms with van der Waals surface area (Å²) in [6.07, 6.45) is 3.40. The molecule has 116 valence electrons. The average Bonchev–Trinajstić information content (AvgIpc) is 2.36. The zero-order chi connectivity index (χ0) is 15.6. The van der Waals surface area contributed by atoms with Crippen LogP contribution >= 0.6 is 11.6 Å². The Labute approximate surface area is 131 Å². The molecule has 0 spiro atoms. The number of carbonyl (C=O) groups excluding carboxylic acids is 1. The lowest BCUT2D eigenvalue weighted by Gasteiger charge is -2.27. The van der Waals surface area contributed by atoms with E-state index in [9.17, 15) is 9.90 Å². The van der Waals surface area contributed by atoms with Crippen molar-refractivity contribution in [2.75, 3.05) is 0 Å². The maximum atomic E-state index is 12.0. The maximum absolute atomic E-state index is 12.0. The molecule has 1 aromatic rings. The summed E-state index contributed by atoms with van der Waals surface area (Å²) in [6.45, 7) is 5.51. The quantitative estimate of drug-likeness (QED) is 0.828. The Kier molecular flexibility index (Phi) is 4.95. The second-order valence-corrected chi connectivity index (χ2v) is 7.16. The van der Waals surface area contributed by atoms with Gasteiger partial charge in [-0.1, -0.05) is 24.1 Å². The normalized spacial score (nSPS) is 22.9. The van der Waals surface area contributed by atoms with E-state index in [1.807, 2.05) is 26.8 Å². The van der Waals surface area contributed by atoms with Crippen molar-refractivity contribution in [3.05, 3.63) is 34.3 Å². The zero-order valence-electron chi connectivity index (χ0n) is 12.9. The molecule has 0 saturated heterocycles. The fourth-order valence-corrected chi connectivity index (χ4v) is 3.10. The molecule has 0 heterocycles. The number of esters is 1. The predicted octanol–water partition coefficient (Wildman–Crippen LogP) is 4.31. The van der Waals surface area contributed by atoms with Crippen molar-refractivity contribution in [3.8, 4) is 0 Å². The molecular weight excluding hydrogens is 288 g/mol. The SMILES string of the molecule is CC(C)(C)OC(=O)c1ccc(C2CCCC(O)C2)c(Cl)c1. The molecule has 0 radical (unpaired) electrons. The number of hydrogen-bond donors (Lipinski definition) is 1. The molecule has 2 rings (SSSR count). The molecule has 1 aliphatic carbocycles. The number of halogens is 1. The fraction of sp³-hybridized carbons (Fsp3) is 0.588. The van der Waals surface area contributed by atoms with Gasteiger partial charge in [0.05, 0.1) is 11.7 Å². The van der Waals surface area contributed by atoms with Crippen LogP contribution in [0.3, 0.4) is 0 Å². The highest BCUT2D eigenvalue weighted by atomic mass is 35.5. The molecule has 3 nitrogen and oxygen atoms in total. The molecule has 2 atom stereocenters. The molecule has 4 heteroatoms. The van der Waals surface area contributed by atoms with Crippen LogP contribution in [0.4, 0.5) is 0 Å². The molecule has 2 unspecified atom stereocenters. The van der Waals surface area contributed by atoms with Crippen molar-refractivity contribution >= 4 is 17.6 Å². The summed E-state index contributed by atoms with van der Waals surface area (Å²) < 4.78 is 5.34. The highest BCUT2D eigenvalue weighted by Crippen LogP contribution is 2.36. The van der Waals surface area contributed by atoms with Crippen LogP contribution in [0, 0.1) is 0 Å². The van der Waals surface area contributed by atoms with Crippen LogP contribution in [0.2, 0.25) is 5.02 Å². The maximum Gasteiger partial charge on any atom is 0.338 e. The minimum absolute atomic E-state index is 0.245. The summed E-state index contributed by atoms with van der Waals surface area (Å²) in [5.41, 5.74) is 0.966. The Hall–Kier alpha value is -1.06. The minimum Gasteiger partial charge on any atom is -0.456 e. The summed E-state index contributed by atoms with van der Waals surface area (Å²) in [6, 6.07) is 5.33. The zero-order valence-corrected chi connectivity index (χ0v) is 13.6. The van der Waals surface area contributed by atoms with Crippen molar-refractivity contribution in [1.29, 1.82) is 0 Å². The first-order valence-electron chi connectivity index (χ1n) is 7.47. The standard InChI is InChI=1S/C17H23ClO3/c1-17(2,3)21-16(20)12-7-8-14(15(18)10-12)11-5-4-6-13(19)9-11/h7-8,10-11,13,19H,4-6,9H2,1-3H3. The lowest BCUT2D eigenvalue weighted by Crippen LogP contribution is -2.24. The van der Waals surface area contributed by atoms with Gasteiger partial charge < -0.3 is 9.84 Å². The third-order valence-corrected chi connectivity index (χ3v) is 4.05. The Morgan fingerprint density at radius 1 is 1.33 bits per heavy atom. The first-order chi connectivity index (χ1) is 9.76. The Morgan fingerprint density at radius 2 is 2.05 bits per heavy atom. The first kappa shape index (κ1) is 16.3. The number of hydrogen-bond acceptors (Lipinski definition) is 3. The smallest absolute Gasteiger partial charge is 0.338 e. The van der Waals surface area contributed by atoms with E-state index in [1.165, 1.54) is 0 Å². The van der Waals surface area contributed by atoms with Gasteiger partial charge in [-0.05, 0) is 63.6 Å². The molecule has 1 fully saturated rings. The highest BCUT2D eigenvalue weighted by molar-refractivity contribution is 6.31. The Morgan fingerprint density at radius 3 is 2.62 bits per heavy atom. The molecule has 1 saturated carbocycles. The second-order valence-electron chi connectivity index (χ2n) is 6.76. The van der Waals surface area contributed by atoms with E-state index in [2.05, 4.69) is 0 Å². The van der Waals surface area contributed by atoms with Crippen LogP contribution in [0.15, 0.2) is 18.2 Å². The first-order valence-corrected chi connectivity index (χ1v) is 7.85. The van der Waals surface area contributed by atoms with E-state index >= 15 is 0 Å². The Balaban J connectivity index is 2.15. The van der Waals surface area contributed by atoms with Crippen LogP contribution in [0.1, 0.15) is 68.3 Å². The van der Waals surface area contributed by atoms with Crippen LogP contribution in [-0.2, 0) is 4.74 Å². The molecule has 1 aromatic carbocycles. The number of aliphatic hydroxyl groups excluding tert-OH is 1. The molecule has 0 aliphatic heterocycles. The highest BCUT2D eigenvalue weighted by Gasteiger charge is 2.24. The Bertz CT molecular complexity index is 519. The van der Waals surface area contributed by atoms with E-state index in [0.29, 0.717) is 10.6 Å². The van der Waals surface area contributed by atoms with Gasteiger partial charge in [-0.25, -0.2) is 4.79 Å². The van der Waals surface area contributed by atoms with Crippen molar-refractivity contribution in [3.63, 3.8) is 0 Å². The average molecular weight is 311 g/mol. The van der Waals surface area contributed by atoms with Crippen molar-refractivity contribution in [1.82, 2.24) is 0 Å². The van der Waals surface area contributed by atoms with E-state index in [4.69, 9.17) is 16.3 Å². The molecule has 0 aromatic heterocycles. The minimum atomic E-state index is -0.518. The van der Waals surface area contributed by atoms with Gasteiger partial charge >= 0.3 is 5.97 Å². The molecule has 1 aliphatic rings. The number of ether oxygens (including phenoxy) is 1. The van der Waals surface area contributed by atoms with Gasteiger partial charge in [-0.15, -0.1) is 0 Å². The summed E-state index contributed by atoms with van der Waals surface area (Å²) in [5, 5.41) is 10.4. The number of carbonyl (C=O) groups is 1. The largest absolute Gasteiger partial charge is 0.456 e. The fourth-order valence-electron chi connectivity index (χ4n) is 2.77. The number of rotatable bonds is 2. The topological polar surface area (TPSA) is 46.5 Å². The van der Waals surface area contributed by atoms with Crippen molar-refractivity contribution in [2.24, 2.45) is 0 Å². The summed E-state index contributed by atoms with van der Waals surface area (Å²) in [4.78, 5) is 12.0. The summed E-state index contributed by atoms with van der Waals surface area (Å²) >= 11 is 6.34. The van der Waals surface area contributed by atoms with Crippen molar-refractivity contribution < 1.29 is 14.6 Å². The van der Waals surface area contributed by atoms with Crippen LogP contribution in [0.25, 0.3) is 0 Å². The molecule has 0 amide bonds. The van der Waals surface area contributed by atoms with Gasteiger partial charge in [0.15, 0.2) is 0 Å². The van der Waals surface area contributed by atoms with Gasteiger partial charge in [-0.3, -0.25) is 0 Å². The molecule has 1 N–H and O–H groups in total. The van der Waals surface area contributed by atoms with Gasteiger partial charge in [0.25, 0.3) is 0 Å². The van der Waals surface area contributed by atoms with Crippen LogP contribution < -0.4 is 0 Å². The summed E-state index contributed by atoms with van der Waals surface area (Å²) in [5.74, 6) is -0.0893. The van der Waals surface area contributed by atoms with Gasteiger partial charge in [-0.2, -0.15) is 0 Å². The molecule has 21 heavy (non-hydrogen) atoms. The van der Waals surface area contributed by atoms with Crippen LogP contribution in [0.5, 0.6) is 0 Å². The number of benzene rings is 1. The lowest BCUT2D eigenvalue weighted by molar-refractivity contribution is 0.00694. The molecule has 0 bridgehead atoms. The predicted molar refractivity (Wildman–Crippen MR) is 83.8 cm³/mol. The monoisotopic (exact) mass is 310 g/mol. The van der Waals surface area contributed by atoms with E-state index in [0.717, 1.165) is 31.2 Å². The van der Waals surface area contributed by atoms with Gasteiger partial charge in [0.1, 0.15) is 5.60 Å². The summed E-state index contributed by atoms with van der Waals surface area (Å²) in [7, 11) is 0. The van der Waals surface area contributed by atoms with Crippen molar-refractivity contribution in [2.45, 2.75) is 64.1 Å².